The van der Waals surface area contributed by atoms with Crippen molar-refractivity contribution < 1.29 is 9.90 Å². The van der Waals surface area contributed by atoms with E-state index >= 15 is 0 Å². The molecule has 0 aliphatic heterocycles. The van der Waals surface area contributed by atoms with Gasteiger partial charge in [0.2, 0.25) is 0 Å². The van der Waals surface area contributed by atoms with Crippen molar-refractivity contribution in [3.05, 3.63) is 35.4 Å². The first kappa shape index (κ1) is 15.3. The van der Waals surface area contributed by atoms with Crippen molar-refractivity contribution in [2.45, 2.75) is 32.6 Å². The second-order valence-corrected chi connectivity index (χ2v) is 5.07. The van der Waals surface area contributed by atoms with Gasteiger partial charge >= 0.3 is 5.97 Å². The van der Waals surface area contributed by atoms with Gasteiger partial charge in [0, 0.05) is 25.9 Å². The Bertz CT molecular complexity index is 464. The molecule has 1 N–H and O–H groups in total. The van der Waals surface area contributed by atoms with Gasteiger partial charge in [0.25, 0.3) is 0 Å². The van der Waals surface area contributed by atoms with Gasteiger partial charge in [-0.3, -0.25) is 0 Å². The second kappa shape index (κ2) is 6.98. The Morgan fingerprint density at radius 1 is 1.42 bits per heavy atom. The molecule has 0 bridgehead atoms. The summed E-state index contributed by atoms with van der Waals surface area (Å²) in [6, 6.07) is 6.11. The van der Waals surface area contributed by atoms with E-state index < -0.39 is 5.97 Å². The molecule has 0 amide bonds. The minimum atomic E-state index is -0.917. The van der Waals surface area contributed by atoms with Crippen LogP contribution in [-0.2, 0) is 4.79 Å². The largest absolute Gasteiger partial charge is 0.478 e. The average molecular weight is 261 g/mol. The van der Waals surface area contributed by atoms with E-state index in [1.165, 1.54) is 17.3 Å². The maximum Gasteiger partial charge on any atom is 0.328 e. The molecule has 1 unspecified atom stereocenters. The zero-order chi connectivity index (χ0) is 14.4. The predicted molar refractivity (Wildman–Crippen MR) is 80.8 cm³/mol. The molecule has 3 nitrogen and oxygen atoms in total. The number of carboxylic acid groups (broad SMARTS) is 1. The van der Waals surface area contributed by atoms with Gasteiger partial charge in [-0.25, -0.2) is 4.79 Å². The maximum absolute atomic E-state index is 10.6. The van der Waals surface area contributed by atoms with Gasteiger partial charge in [0.05, 0.1) is 0 Å². The van der Waals surface area contributed by atoms with E-state index in [1.54, 1.807) is 6.08 Å². The molecule has 1 atom stereocenters. The molecule has 0 aliphatic carbocycles. The molecule has 0 heterocycles. The molecule has 0 aromatic heterocycles. The van der Waals surface area contributed by atoms with Crippen LogP contribution in [0.1, 0.15) is 43.7 Å². The first-order valence-electron chi connectivity index (χ1n) is 6.68. The van der Waals surface area contributed by atoms with Crippen LogP contribution in [0.3, 0.4) is 0 Å². The molecular formula is C16H23NO2. The monoisotopic (exact) mass is 261 g/mol. The fourth-order valence-electron chi connectivity index (χ4n) is 2.23. The van der Waals surface area contributed by atoms with E-state index in [-0.39, 0.29) is 0 Å². The van der Waals surface area contributed by atoms with Crippen LogP contribution >= 0.6 is 0 Å². The fourth-order valence-corrected chi connectivity index (χ4v) is 2.23. The Kier molecular flexibility index (Phi) is 5.61. The lowest BCUT2D eigenvalue weighted by molar-refractivity contribution is -0.131. The molecule has 3 heteroatoms. The van der Waals surface area contributed by atoms with E-state index in [1.807, 2.05) is 20.2 Å². The second-order valence-electron chi connectivity index (χ2n) is 5.07. The molecule has 1 rings (SSSR count). The molecule has 0 saturated carbocycles. The van der Waals surface area contributed by atoms with Crippen LogP contribution in [0.25, 0.3) is 6.08 Å². The van der Waals surface area contributed by atoms with Crippen molar-refractivity contribution in [2.75, 3.05) is 19.0 Å². The highest BCUT2D eigenvalue weighted by Crippen LogP contribution is 2.30. The topological polar surface area (TPSA) is 40.5 Å². The van der Waals surface area contributed by atoms with Crippen LogP contribution < -0.4 is 4.90 Å². The summed E-state index contributed by atoms with van der Waals surface area (Å²) >= 11 is 0. The van der Waals surface area contributed by atoms with Crippen LogP contribution in [0.5, 0.6) is 0 Å². The van der Waals surface area contributed by atoms with E-state index in [4.69, 9.17) is 5.11 Å². The van der Waals surface area contributed by atoms with Crippen molar-refractivity contribution in [1.82, 2.24) is 0 Å². The number of carboxylic acids is 1. The highest BCUT2D eigenvalue weighted by molar-refractivity contribution is 5.85. The van der Waals surface area contributed by atoms with Crippen LogP contribution in [0.2, 0.25) is 0 Å². The summed E-state index contributed by atoms with van der Waals surface area (Å²) < 4.78 is 0. The van der Waals surface area contributed by atoms with Gasteiger partial charge in [-0.15, -0.1) is 0 Å². The number of anilines is 1. The van der Waals surface area contributed by atoms with Gasteiger partial charge in [-0.05, 0) is 41.7 Å². The summed E-state index contributed by atoms with van der Waals surface area (Å²) in [5, 5.41) is 8.69. The standard InChI is InChI=1S/C16H23NO2/c1-5-6-12(2)14-11-13(8-10-16(18)19)7-9-15(14)17(3)4/h7-12H,5-6H2,1-4H3,(H,18,19)/b10-8+. The number of hydrogen-bond acceptors (Lipinski definition) is 2. The molecule has 0 aliphatic rings. The minimum Gasteiger partial charge on any atom is -0.478 e. The number of benzene rings is 1. The first-order valence-corrected chi connectivity index (χ1v) is 6.68. The molecule has 1 aromatic rings. The first-order chi connectivity index (χ1) is 8.95. The van der Waals surface area contributed by atoms with Gasteiger partial charge < -0.3 is 10.0 Å². The third kappa shape index (κ3) is 4.43. The van der Waals surface area contributed by atoms with Crippen LogP contribution in [0.15, 0.2) is 24.3 Å². The third-order valence-electron chi connectivity index (χ3n) is 3.20. The highest BCUT2D eigenvalue weighted by Gasteiger charge is 2.11. The minimum absolute atomic E-state index is 0.473. The van der Waals surface area contributed by atoms with Crippen molar-refractivity contribution in [2.24, 2.45) is 0 Å². The number of rotatable bonds is 6. The van der Waals surface area contributed by atoms with Gasteiger partial charge in [-0.1, -0.05) is 26.3 Å². The smallest absolute Gasteiger partial charge is 0.328 e. The number of hydrogen-bond donors (Lipinski definition) is 1. The van der Waals surface area contributed by atoms with E-state index in [0.717, 1.165) is 18.4 Å². The van der Waals surface area contributed by atoms with Crippen molar-refractivity contribution in [3.63, 3.8) is 0 Å². The summed E-state index contributed by atoms with van der Waals surface area (Å²) in [6.07, 6.45) is 5.10. The Hall–Kier alpha value is -1.77. The molecule has 0 radical (unpaired) electrons. The normalized spacial score (nSPS) is 12.6. The van der Waals surface area contributed by atoms with Crippen molar-refractivity contribution in [3.8, 4) is 0 Å². The third-order valence-corrected chi connectivity index (χ3v) is 3.20. The van der Waals surface area contributed by atoms with Crippen LogP contribution in [-0.4, -0.2) is 25.2 Å². The molecule has 19 heavy (non-hydrogen) atoms. The fraction of sp³-hybridized carbons (Fsp3) is 0.438. The predicted octanol–water partition coefficient (Wildman–Crippen LogP) is 3.75. The summed E-state index contributed by atoms with van der Waals surface area (Å²) in [5.74, 6) is -0.444. The molecule has 104 valence electrons. The Morgan fingerprint density at radius 2 is 2.11 bits per heavy atom. The number of carbonyl (C=O) groups is 1. The van der Waals surface area contributed by atoms with E-state index in [2.05, 4.69) is 30.9 Å². The Balaban J connectivity index is 3.14. The van der Waals surface area contributed by atoms with Crippen LogP contribution in [0.4, 0.5) is 5.69 Å². The number of nitrogens with zero attached hydrogens (tertiary/aromatic N) is 1. The lowest BCUT2D eigenvalue weighted by atomic mass is 9.93. The Morgan fingerprint density at radius 3 is 2.63 bits per heavy atom. The SMILES string of the molecule is CCCC(C)c1cc(/C=C/C(=O)O)ccc1N(C)C. The Labute approximate surface area is 115 Å². The zero-order valence-corrected chi connectivity index (χ0v) is 12.2. The summed E-state index contributed by atoms with van der Waals surface area (Å²) in [4.78, 5) is 12.7. The molecular weight excluding hydrogens is 238 g/mol. The highest BCUT2D eigenvalue weighted by atomic mass is 16.4. The average Bonchev–Trinajstić information content (AvgIpc) is 2.36. The molecule has 0 spiro atoms. The number of aliphatic carboxylic acids is 1. The van der Waals surface area contributed by atoms with Crippen LogP contribution in [0, 0.1) is 0 Å². The summed E-state index contributed by atoms with van der Waals surface area (Å²) in [7, 11) is 4.06. The quantitative estimate of drug-likeness (QED) is 0.793. The van der Waals surface area contributed by atoms with Gasteiger partial charge in [0.15, 0.2) is 0 Å². The molecule has 0 fully saturated rings. The zero-order valence-electron chi connectivity index (χ0n) is 12.2. The van der Waals surface area contributed by atoms with Gasteiger partial charge in [-0.2, -0.15) is 0 Å². The maximum atomic E-state index is 10.6. The van der Waals surface area contributed by atoms with Crippen molar-refractivity contribution in [1.29, 1.82) is 0 Å². The van der Waals surface area contributed by atoms with Crippen molar-refractivity contribution >= 4 is 17.7 Å². The lowest BCUT2D eigenvalue weighted by Crippen LogP contribution is -2.12. The summed E-state index contributed by atoms with van der Waals surface area (Å²) in [5.41, 5.74) is 3.42. The van der Waals surface area contributed by atoms with E-state index in [0.29, 0.717) is 5.92 Å². The lowest BCUT2D eigenvalue weighted by Gasteiger charge is -2.22. The van der Waals surface area contributed by atoms with E-state index in [9.17, 15) is 4.79 Å². The van der Waals surface area contributed by atoms with Gasteiger partial charge in [0.1, 0.15) is 0 Å². The molecule has 1 aromatic carbocycles. The summed E-state index contributed by atoms with van der Waals surface area (Å²) in [6.45, 7) is 4.40. The molecule has 0 saturated heterocycles.